The van der Waals surface area contributed by atoms with Crippen LogP contribution in [0, 0.1) is 0 Å². The van der Waals surface area contributed by atoms with E-state index in [9.17, 15) is 4.79 Å². The molecule has 1 aliphatic heterocycles. The molecule has 0 bridgehead atoms. The van der Waals surface area contributed by atoms with Crippen molar-refractivity contribution < 1.29 is 19.3 Å². The fraction of sp³-hybridized carbons (Fsp3) is 0.750. The first-order valence-electron chi connectivity index (χ1n) is 2.20. The second-order valence-electron chi connectivity index (χ2n) is 1.39. The van der Waals surface area contributed by atoms with E-state index < -0.39 is 6.10 Å². The van der Waals surface area contributed by atoms with Crippen LogP contribution in [0.5, 0.6) is 0 Å². The Bertz CT molecular complexity index is 96.2. The van der Waals surface area contributed by atoms with E-state index in [4.69, 9.17) is 0 Å². The molecule has 0 aliphatic carbocycles. The van der Waals surface area contributed by atoms with Gasteiger partial charge in [-0.2, -0.15) is 0 Å². The molecule has 0 saturated carbocycles. The fourth-order valence-corrected chi connectivity index (χ4v) is 0.375. The number of carbonyl (C=O) groups excluding carboxylic acids is 1. The summed E-state index contributed by atoms with van der Waals surface area (Å²) in [5.74, 6) is -0.378. The minimum atomic E-state index is -0.486. The van der Waals surface area contributed by atoms with Crippen LogP contribution in [0.2, 0.25) is 0 Å². The predicted octanol–water partition coefficient (Wildman–Crippen LogP) is -0.510. The van der Waals surface area contributed by atoms with Gasteiger partial charge < -0.3 is 4.74 Å². The molecule has 46 valence electrons. The smallest absolute Gasteiger partial charge is 0.340 e. The van der Waals surface area contributed by atoms with Crippen LogP contribution in [0.25, 0.3) is 0 Å². The Morgan fingerprint density at radius 2 is 2.50 bits per heavy atom. The summed E-state index contributed by atoms with van der Waals surface area (Å²) < 4.78 is 4.31. The van der Waals surface area contributed by atoms with Crippen molar-refractivity contribution in [3.63, 3.8) is 0 Å². The topological polar surface area (TPSA) is 44.8 Å². The van der Waals surface area contributed by atoms with Crippen LogP contribution >= 0.6 is 0 Å². The highest BCUT2D eigenvalue weighted by Gasteiger charge is 2.29. The zero-order valence-electron chi connectivity index (χ0n) is 4.42. The van der Waals surface area contributed by atoms with Gasteiger partial charge in [0.1, 0.15) is 6.61 Å². The lowest BCUT2D eigenvalue weighted by atomic mass is 10.4. The summed E-state index contributed by atoms with van der Waals surface area (Å²) >= 11 is 0. The highest BCUT2D eigenvalue weighted by molar-refractivity contribution is 5.74. The van der Waals surface area contributed by atoms with Crippen molar-refractivity contribution >= 4 is 5.97 Å². The third kappa shape index (κ3) is 0.801. The first kappa shape index (κ1) is 5.53. The Labute approximate surface area is 46.3 Å². The summed E-state index contributed by atoms with van der Waals surface area (Å²) in [5.41, 5.74) is 0. The molecule has 1 saturated heterocycles. The summed E-state index contributed by atoms with van der Waals surface area (Å²) in [4.78, 5) is 18.9. The maximum atomic E-state index is 10.4. The van der Waals surface area contributed by atoms with Crippen molar-refractivity contribution in [2.75, 3.05) is 13.7 Å². The van der Waals surface area contributed by atoms with Gasteiger partial charge in [-0.3, -0.25) is 0 Å². The standard InChI is InChI=1S/C4H6O4/c1-6-4(5)3-2-7-8-3/h3H,2H2,1H3. The second kappa shape index (κ2) is 2.11. The normalized spacial score (nSPS) is 26.4. The lowest BCUT2D eigenvalue weighted by Gasteiger charge is -2.21. The van der Waals surface area contributed by atoms with Crippen LogP contribution < -0.4 is 0 Å². The molecule has 0 aromatic rings. The summed E-state index contributed by atoms with van der Waals surface area (Å²) in [5, 5.41) is 0. The number of rotatable bonds is 1. The summed E-state index contributed by atoms with van der Waals surface area (Å²) in [6, 6.07) is 0. The molecule has 1 rings (SSSR count). The zero-order chi connectivity index (χ0) is 5.98. The van der Waals surface area contributed by atoms with E-state index in [1.165, 1.54) is 7.11 Å². The van der Waals surface area contributed by atoms with Gasteiger partial charge in [-0.05, 0) is 0 Å². The minimum absolute atomic E-state index is 0.312. The van der Waals surface area contributed by atoms with Gasteiger partial charge >= 0.3 is 5.97 Å². The van der Waals surface area contributed by atoms with Gasteiger partial charge in [0.05, 0.1) is 7.11 Å². The van der Waals surface area contributed by atoms with E-state index in [2.05, 4.69) is 14.5 Å². The molecule has 1 atom stereocenters. The van der Waals surface area contributed by atoms with Gasteiger partial charge in [-0.1, -0.05) is 0 Å². The largest absolute Gasteiger partial charge is 0.467 e. The van der Waals surface area contributed by atoms with Gasteiger partial charge in [0.25, 0.3) is 0 Å². The van der Waals surface area contributed by atoms with Crippen LogP contribution in [0.1, 0.15) is 0 Å². The second-order valence-corrected chi connectivity index (χ2v) is 1.39. The Kier molecular flexibility index (Phi) is 1.45. The van der Waals surface area contributed by atoms with E-state index in [1.54, 1.807) is 0 Å². The van der Waals surface area contributed by atoms with Gasteiger partial charge in [0, 0.05) is 0 Å². The molecule has 0 radical (unpaired) electrons. The zero-order valence-corrected chi connectivity index (χ0v) is 4.42. The van der Waals surface area contributed by atoms with Crippen LogP contribution in [-0.4, -0.2) is 25.8 Å². The van der Waals surface area contributed by atoms with Crippen LogP contribution in [0.15, 0.2) is 0 Å². The number of hydrogen-bond donors (Lipinski definition) is 0. The number of methoxy groups -OCH3 is 1. The maximum absolute atomic E-state index is 10.4. The molecule has 0 spiro atoms. The molecule has 1 fully saturated rings. The van der Waals surface area contributed by atoms with Crippen LogP contribution in [0.4, 0.5) is 0 Å². The third-order valence-electron chi connectivity index (χ3n) is 0.868. The fourth-order valence-electron chi connectivity index (χ4n) is 0.375. The average Bonchev–Trinajstić information content (AvgIpc) is 1.62. The van der Waals surface area contributed by atoms with Crippen LogP contribution in [0.3, 0.4) is 0 Å². The minimum Gasteiger partial charge on any atom is -0.467 e. The number of esters is 1. The average molecular weight is 118 g/mol. The summed E-state index contributed by atoms with van der Waals surface area (Å²) in [7, 11) is 1.31. The predicted molar refractivity (Wildman–Crippen MR) is 22.8 cm³/mol. The molecule has 4 nitrogen and oxygen atoms in total. The monoisotopic (exact) mass is 118 g/mol. The maximum Gasteiger partial charge on any atom is 0.340 e. The lowest BCUT2D eigenvalue weighted by molar-refractivity contribution is -0.414. The van der Waals surface area contributed by atoms with E-state index >= 15 is 0 Å². The van der Waals surface area contributed by atoms with Gasteiger partial charge in [0.2, 0.25) is 6.10 Å². The van der Waals surface area contributed by atoms with Gasteiger partial charge in [-0.15, -0.1) is 0 Å². The molecule has 0 aromatic heterocycles. The van der Waals surface area contributed by atoms with E-state index in [-0.39, 0.29) is 5.97 Å². The van der Waals surface area contributed by atoms with Crippen molar-refractivity contribution in [1.82, 2.24) is 0 Å². The quantitative estimate of drug-likeness (QED) is 0.343. The molecular formula is C4H6O4. The van der Waals surface area contributed by atoms with E-state index in [0.717, 1.165) is 0 Å². The molecule has 0 aromatic carbocycles. The van der Waals surface area contributed by atoms with Crippen molar-refractivity contribution in [1.29, 1.82) is 0 Å². The highest BCUT2D eigenvalue weighted by atomic mass is 17.2. The van der Waals surface area contributed by atoms with Gasteiger partial charge in [-0.25, -0.2) is 14.6 Å². The molecule has 1 unspecified atom stereocenters. The van der Waals surface area contributed by atoms with Crippen LogP contribution in [-0.2, 0) is 19.3 Å². The third-order valence-corrected chi connectivity index (χ3v) is 0.868. The van der Waals surface area contributed by atoms with Crippen molar-refractivity contribution in [2.45, 2.75) is 6.10 Å². The first-order valence-corrected chi connectivity index (χ1v) is 2.20. The number of carbonyl (C=O) groups is 1. The Morgan fingerprint density at radius 1 is 1.88 bits per heavy atom. The summed E-state index contributed by atoms with van der Waals surface area (Å²) in [6.07, 6.45) is -0.486. The number of ether oxygens (including phenoxy) is 1. The van der Waals surface area contributed by atoms with Gasteiger partial charge in [0.15, 0.2) is 0 Å². The van der Waals surface area contributed by atoms with E-state index in [1.807, 2.05) is 0 Å². The molecular weight excluding hydrogens is 112 g/mol. The SMILES string of the molecule is COC(=O)C1COO1. The van der Waals surface area contributed by atoms with Crippen molar-refractivity contribution in [3.8, 4) is 0 Å². The summed E-state index contributed by atoms with van der Waals surface area (Å²) in [6.45, 7) is 0.312. The lowest BCUT2D eigenvalue weighted by Crippen LogP contribution is -2.39. The highest BCUT2D eigenvalue weighted by Crippen LogP contribution is 2.06. The molecule has 0 amide bonds. The van der Waals surface area contributed by atoms with Crippen molar-refractivity contribution in [2.24, 2.45) is 0 Å². The molecule has 0 N–H and O–H groups in total. The Morgan fingerprint density at radius 3 is 2.62 bits per heavy atom. The van der Waals surface area contributed by atoms with Crippen molar-refractivity contribution in [3.05, 3.63) is 0 Å². The first-order chi connectivity index (χ1) is 3.84. The Hall–Kier alpha value is -0.610. The molecule has 1 heterocycles. The molecule has 4 heteroatoms. The number of hydrogen-bond acceptors (Lipinski definition) is 4. The molecule has 1 aliphatic rings. The van der Waals surface area contributed by atoms with E-state index in [0.29, 0.717) is 6.61 Å². The Balaban J connectivity index is 2.24. The molecule has 8 heavy (non-hydrogen) atoms.